The molecule has 1 amide bonds. The Kier molecular flexibility index (Phi) is 3.60. The molecule has 6 nitrogen and oxygen atoms in total. The quantitative estimate of drug-likeness (QED) is 0.878. The zero-order valence-corrected chi connectivity index (χ0v) is 11.9. The summed E-state index contributed by atoms with van der Waals surface area (Å²) in [5, 5.41) is 2.88. The van der Waals surface area contributed by atoms with Gasteiger partial charge in [0.2, 0.25) is 0 Å². The Balaban J connectivity index is 1.64. The normalized spacial score (nSPS) is 17.3. The van der Waals surface area contributed by atoms with Crippen LogP contribution in [0.4, 0.5) is 0 Å². The zero-order valence-electron chi connectivity index (χ0n) is 11.9. The van der Waals surface area contributed by atoms with Crippen molar-refractivity contribution in [3.05, 3.63) is 52.0 Å². The molecule has 0 radical (unpaired) electrons. The fraction of sp³-hybridized carbons (Fsp3) is 0.400. The Labute approximate surface area is 122 Å². The zero-order chi connectivity index (χ0) is 14.8. The van der Waals surface area contributed by atoms with Gasteiger partial charge < -0.3 is 14.9 Å². The number of nitrogens with one attached hydrogen (secondary N) is 2. The van der Waals surface area contributed by atoms with Crippen molar-refractivity contribution in [2.75, 3.05) is 6.54 Å². The topological polar surface area (TPSA) is 79.8 Å². The fourth-order valence-electron chi connectivity index (χ4n) is 2.79. The first kappa shape index (κ1) is 13.6. The third-order valence-corrected chi connectivity index (χ3v) is 3.98. The molecule has 110 valence electrons. The van der Waals surface area contributed by atoms with Crippen molar-refractivity contribution in [1.82, 2.24) is 19.9 Å². The first-order valence-electron chi connectivity index (χ1n) is 7.11. The molecule has 1 aliphatic heterocycles. The number of imidazole rings is 1. The minimum atomic E-state index is -0.340. The van der Waals surface area contributed by atoms with E-state index in [1.807, 2.05) is 12.4 Å². The summed E-state index contributed by atoms with van der Waals surface area (Å²) in [7, 11) is 0. The van der Waals surface area contributed by atoms with Gasteiger partial charge in [0.05, 0.1) is 0 Å². The number of aromatic nitrogens is 3. The molecule has 6 heteroatoms. The highest BCUT2D eigenvalue weighted by atomic mass is 16.2. The molecule has 3 heterocycles. The van der Waals surface area contributed by atoms with Crippen LogP contribution in [0.2, 0.25) is 0 Å². The summed E-state index contributed by atoms with van der Waals surface area (Å²) in [6.07, 6.45) is 7.26. The Morgan fingerprint density at radius 3 is 3.24 bits per heavy atom. The molecule has 1 unspecified atom stereocenters. The number of hydrogen-bond donors (Lipinski definition) is 2. The Morgan fingerprint density at radius 2 is 2.43 bits per heavy atom. The largest absolute Gasteiger partial charge is 0.352 e. The van der Waals surface area contributed by atoms with Crippen LogP contribution in [0, 0.1) is 12.8 Å². The number of H-pyrrole nitrogens is 1. The minimum Gasteiger partial charge on any atom is -0.352 e. The third kappa shape index (κ3) is 2.74. The van der Waals surface area contributed by atoms with Crippen LogP contribution in [0.25, 0.3) is 0 Å². The SMILES string of the molecule is Cc1cc[nH]c(=O)c1C(=O)NCC1CCc2nccn2C1. The van der Waals surface area contributed by atoms with Gasteiger partial charge in [-0.1, -0.05) is 0 Å². The maximum atomic E-state index is 12.2. The lowest BCUT2D eigenvalue weighted by Gasteiger charge is -2.24. The van der Waals surface area contributed by atoms with Crippen LogP contribution in [-0.2, 0) is 13.0 Å². The molecular weight excluding hydrogens is 268 g/mol. The van der Waals surface area contributed by atoms with Gasteiger partial charge in [0.1, 0.15) is 11.4 Å². The lowest BCUT2D eigenvalue weighted by atomic mass is 9.99. The molecule has 2 N–H and O–H groups in total. The van der Waals surface area contributed by atoms with Crippen molar-refractivity contribution in [1.29, 1.82) is 0 Å². The Hall–Kier alpha value is -2.37. The summed E-state index contributed by atoms with van der Waals surface area (Å²) < 4.78 is 2.13. The van der Waals surface area contributed by atoms with Crippen molar-refractivity contribution in [3.63, 3.8) is 0 Å². The summed E-state index contributed by atoms with van der Waals surface area (Å²) in [6.45, 7) is 3.20. The van der Waals surface area contributed by atoms with E-state index < -0.39 is 0 Å². The second kappa shape index (κ2) is 5.55. The maximum Gasteiger partial charge on any atom is 0.261 e. The van der Waals surface area contributed by atoms with Gasteiger partial charge in [-0.3, -0.25) is 9.59 Å². The first-order chi connectivity index (χ1) is 10.1. The van der Waals surface area contributed by atoms with E-state index in [1.165, 1.54) is 0 Å². The number of fused-ring (bicyclic) bond motifs is 1. The van der Waals surface area contributed by atoms with E-state index in [9.17, 15) is 9.59 Å². The fourth-order valence-corrected chi connectivity index (χ4v) is 2.79. The van der Waals surface area contributed by atoms with E-state index in [4.69, 9.17) is 0 Å². The number of aryl methyl sites for hydroxylation is 2. The molecule has 1 aliphatic rings. The second-order valence-corrected chi connectivity index (χ2v) is 5.48. The predicted molar refractivity (Wildman–Crippen MR) is 78.2 cm³/mol. The molecule has 1 atom stereocenters. The van der Waals surface area contributed by atoms with Gasteiger partial charge in [-0.15, -0.1) is 0 Å². The lowest BCUT2D eigenvalue weighted by molar-refractivity contribution is 0.0941. The molecule has 0 aromatic carbocycles. The Bertz CT molecular complexity index is 716. The van der Waals surface area contributed by atoms with Crippen molar-refractivity contribution in [2.45, 2.75) is 26.3 Å². The smallest absolute Gasteiger partial charge is 0.261 e. The maximum absolute atomic E-state index is 12.2. The van der Waals surface area contributed by atoms with E-state index >= 15 is 0 Å². The van der Waals surface area contributed by atoms with E-state index in [2.05, 4.69) is 19.9 Å². The van der Waals surface area contributed by atoms with E-state index in [-0.39, 0.29) is 17.0 Å². The van der Waals surface area contributed by atoms with E-state index in [0.717, 1.165) is 25.2 Å². The highest BCUT2D eigenvalue weighted by Gasteiger charge is 2.20. The summed E-state index contributed by atoms with van der Waals surface area (Å²) >= 11 is 0. The van der Waals surface area contributed by atoms with Crippen molar-refractivity contribution in [3.8, 4) is 0 Å². The van der Waals surface area contributed by atoms with Crippen LogP contribution >= 0.6 is 0 Å². The van der Waals surface area contributed by atoms with Gasteiger partial charge in [-0.05, 0) is 30.9 Å². The van der Waals surface area contributed by atoms with Crippen LogP contribution in [0.5, 0.6) is 0 Å². The molecule has 0 spiro atoms. The van der Waals surface area contributed by atoms with Gasteiger partial charge >= 0.3 is 0 Å². The molecule has 2 aromatic rings. The van der Waals surface area contributed by atoms with Crippen molar-refractivity contribution < 1.29 is 4.79 Å². The van der Waals surface area contributed by atoms with Gasteiger partial charge in [-0.2, -0.15) is 0 Å². The van der Waals surface area contributed by atoms with Gasteiger partial charge in [0.15, 0.2) is 0 Å². The molecule has 0 aliphatic carbocycles. The summed E-state index contributed by atoms with van der Waals surface area (Å²) in [4.78, 5) is 30.7. The van der Waals surface area contributed by atoms with Gasteiger partial charge in [0.25, 0.3) is 11.5 Å². The summed E-state index contributed by atoms with van der Waals surface area (Å²) in [6, 6.07) is 1.73. The molecule has 0 fully saturated rings. The monoisotopic (exact) mass is 286 g/mol. The van der Waals surface area contributed by atoms with Crippen LogP contribution in [0.1, 0.15) is 28.2 Å². The van der Waals surface area contributed by atoms with E-state index in [0.29, 0.717) is 18.0 Å². The average Bonchev–Trinajstić information content (AvgIpc) is 2.92. The third-order valence-electron chi connectivity index (χ3n) is 3.98. The average molecular weight is 286 g/mol. The molecule has 2 aromatic heterocycles. The van der Waals surface area contributed by atoms with Crippen LogP contribution in [-0.4, -0.2) is 27.0 Å². The number of pyridine rings is 1. The van der Waals surface area contributed by atoms with Crippen LogP contribution in [0.3, 0.4) is 0 Å². The highest BCUT2D eigenvalue weighted by Crippen LogP contribution is 2.18. The summed E-state index contributed by atoms with van der Waals surface area (Å²) in [5.74, 6) is 1.18. The lowest BCUT2D eigenvalue weighted by Crippen LogP contribution is -2.36. The standard InChI is InChI=1S/C15H18N4O2/c1-10-4-5-17-14(20)13(10)15(21)18-8-11-2-3-12-16-6-7-19(12)9-11/h4-7,11H,2-3,8-9H2,1H3,(H,17,20)(H,18,21). The van der Waals surface area contributed by atoms with Crippen LogP contribution < -0.4 is 10.9 Å². The van der Waals surface area contributed by atoms with Crippen molar-refractivity contribution in [2.24, 2.45) is 5.92 Å². The number of hydrogen-bond acceptors (Lipinski definition) is 3. The molecule has 0 bridgehead atoms. The number of rotatable bonds is 3. The number of amides is 1. The minimum absolute atomic E-state index is 0.205. The van der Waals surface area contributed by atoms with Gasteiger partial charge in [-0.25, -0.2) is 4.98 Å². The molecule has 0 saturated heterocycles. The number of aromatic amines is 1. The number of nitrogens with zero attached hydrogens (tertiary/aromatic N) is 2. The molecule has 21 heavy (non-hydrogen) atoms. The van der Waals surface area contributed by atoms with Crippen LogP contribution in [0.15, 0.2) is 29.5 Å². The number of carbonyl (C=O) groups excluding carboxylic acids is 1. The van der Waals surface area contributed by atoms with E-state index in [1.54, 1.807) is 19.2 Å². The molecule has 0 saturated carbocycles. The summed E-state index contributed by atoms with van der Waals surface area (Å²) in [5.41, 5.74) is 0.557. The highest BCUT2D eigenvalue weighted by molar-refractivity contribution is 5.95. The predicted octanol–water partition coefficient (Wildman–Crippen LogP) is 0.872. The van der Waals surface area contributed by atoms with Gasteiger partial charge in [0, 0.05) is 38.1 Å². The van der Waals surface area contributed by atoms with Crippen molar-refractivity contribution >= 4 is 5.91 Å². The second-order valence-electron chi connectivity index (χ2n) is 5.48. The first-order valence-corrected chi connectivity index (χ1v) is 7.11. The molecule has 3 rings (SSSR count). The molecular formula is C15H18N4O2. The number of carbonyl (C=O) groups is 1. The Morgan fingerprint density at radius 1 is 1.57 bits per heavy atom.